The van der Waals surface area contributed by atoms with Crippen LogP contribution in [-0.2, 0) is 19.1 Å². The van der Waals surface area contributed by atoms with Crippen LogP contribution in [-0.4, -0.2) is 42.9 Å². The third-order valence-corrected chi connectivity index (χ3v) is 4.65. The van der Waals surface area contributed by atoms with Gasteiger partial charge in [-0.15, -0.1) is 0 Å². The van der Waals surface area contributed by atoms with Gasteiger partial charge in [-0.25, -0.2) is 9.59 Å². The van der Waals surface area contributed by atoms with E-state index in [-0.39, 0.29) is 60.2 Å². The molecule has 2 aromatic carbocycles. The molecule has 3 amide bonds. The van der Waals surface area contributed by atoms with E-state index in [0.29, 0.717) is 5.69 Å². The second-order valence-corrected chi connectivity index (χ2v) is 6.86. The largest absolute Gasteiger partial charge is 0.462 e. The van der Waals surface area contributed by atoms with E-state index in [4.69, 9.17) is 9.47 Å². The van der Waals surface area contributed by atoms with Crippen molar-refractivity contribution in [2.45, 2.75) is 26.7 Å². The van der Waals surface area contributed by atoms with E-state index in [9.17, 15) is 24.0 Å². The summed E-state index contributed by atoms with van der Waals surface area (Å²) in [7, 11) is 0. The Morgan fingerprint density at radius 2 is 1.31 bits per heavy atom. The van der Waals surface area contributed by atoms with Gasteiger partial charge < -0.3 is 14.8 Å². The Morgan fingerprint density at radius 3 is 1.78 bits per heavy atom. The maximum Gasteiger partial charge on any atom is 0.338 e. The first-order valence-electron chi connectivity index (χ1n) is 10.1. The van der Waals surface area contributed by atoms with E-state index < -0.39 is 17.8 Å². The number of hydrogen-bond acceptors (Lipinski definition) is 7. The summed E-state index contributed by atoms with van der Waals surface area (Å²) in [6, 6.07) is 10.1. The van der Waals surface area contributed by atoms with E-state index >= 15 is 0 Å². The van der Waals surface area contributed by atoms with Crippen molar-refractivity contribution < 1.29 is 33.4 Å². The van der Waals surface area contributed by atoms with Gasteiger partial charge in [0.2, 0.25) is 11.8 Å². The highest BCUT2D eigenvalue weighted by Gasteiger charge is 2.30. The summed E-state index contributed by atoms with van der Waals surface area (Å²) in [6.45, 7) is 3.61. The predicted molar refractivity (Wildman–Crippen MR) is 114 cm³/mol. The van der Waals surface area contributed by atoms with Crippen LogP contribution in [0.2, 0.25) is 0 Å². The highest BCUT2D eigenvalue weighted by atomic mass is 16.5. The third-order valence-electron chi connectivity index (χ3n) is 4.65. The number of amides is 3. The van der Waals surface area contributed by atoms with E-state index in [2.05, 4.69) is 5.32 Å². The van der Waals surface area contributed by atoms with Crippen LogP contribution in [0.4, 0.5) is 11.4 Å². The Morgan fingerprint density at radius 1 is 0.812 bits per heavy atom. The maximum atomic E-state index is 12.7. The second-order valence-electron chi connectivity index (χ2n) is 6.86. The zero-order chi connectivity index (χ0) is 23.3. The summed E-state index contributed by atoms with van der Waals surface area (Å²) >= 11 is 0. The zero-order valence-electron chi connectivity index (χ0n) is 17.7. The number of rotatable bonds is 7. The van der Waals surface area contributed by atoms with Crippen molar-refractivity contribution >= 4 is 41.0 Å². The minimum atomic E-state index is -0.640. The molecule has 166 valence electrons. The molecular weight excluding hydrogens is 416 g/mol. The highest BCUT2D eigenvalue weighted by molar-refractivity contribution is 6.20. The summed E-state index contributed by atoms with van der Waals surface area (Å²) in [6.07, 6.45) is 0.335. The molecule has 0 atom stereocenters. The van der Waals surface area contributed by atoms with Crippen LogP contribution in [0.15, 0.2) is 42.5 Å². The van der Waals surface area contributed by atoms with Gasteiger partial charge in [-0.1, -0.05) is 0 Å². The van der Waals surface area contributed by atoms with Crippen molar-refractivity contribution in [2.24, 2.45) is 0 Å². The zero-order valence-corrected chi connectivity index (χ0v) is 17.7. The molecule has 3 rings (SSSR count). The number of ether oxygens (including phenoxy) is 2. The molecule has 1 heterocycles. The Bertz CT molecular complexity index is 1020. The summed E-state index contributed by atoms with van der Waals surface area (Å²) in [5.41, 5.74) is 1.04. The first-order chi connectivity index (χ1) is 15.3. The van der Waals surface area contributed by atoms with Crippen molar-refractivity contribution in [3.05, 3.63) is 59.2 Å². The molecule has 0 radical (unpaired) electrons. The lowest BCUT2D eigenvalue weighted by Crippen LogP contribution is -2.28. The van der Waals surface area contributed by atoms with E-state index in [1.54, 1.807) is 13.8 Å². The highest BCUT2D eigenvalue weighted by Crippen LogP contribution is 2.23. The molecule has 0 aliphatic carbocycles. The van der Waals surface area contributed by atoms with Gasteiger partial charge in [0.25, 0.3) is 5.91 Å². The summed E-state index contributed by atoms with van der Waals surface area (Å²) in [5, 5.41) is 2.64. The maximum absolute atomic E-state index is 12.7. The van der Waals surface area contributed by atoms with Crippen LogP contribution in [0.5, 0.6) is 0 Å². The number of carbonyl (C=O) groups is 5. The molecule has 0 spiro atoms. The van der Waals surface area contributed by atoms with Gasteiger partial charge in [-0.05, 0) is 56.3 Å². The van der Waals surface area contributed by atoms with E-state index in [0.717, 1.165) is 4.90 Å². The van der Waals surface area contributed by atoms with Gasteiger partial charge in [-0.2, -0.15) is 0 Å². The molecule has 1 aliphatic heterocycles. The fourth-order valence-corrected chi connectivity index (χ4v) is 3.19. The molecule has 1 fully saturated rings. The minimum absolute atomic E-state index is 0.0918. The molecule has 2 aromatic rings. The van der Waals surface area contributed by atoms with E-state index in [1.165, 1.54) is 42.5 Å². The lowest BCUT2D eigenvalue weighted by molar-refractivity contribution is -0.121. The van der Waals surface area contributed by atoms with Crippen LogP contribution in [0.3, 0.4) is 0 Å². The molecule has 1 saturated heterocycles. The van der Waals surface area contributed by atoms with E-state index in [1.807, 2.05) is 0 Å². The number of imide groups is 1. The monoisotopic (exact) mass is 438 g/mol. The topological polar surface area (TPSA) is 119 Å². The molecule has 9 heteroatoms. The number of anilines is 2. The first kappa shape index (κ1) is 22.7. The van der Waals surface area contributed by atoms with Crippen LogP contribution < -0.4 is 10.2 Å². The molecule has 1 aliphatic rings. The van der Waals surface area contributed by atoms with Crippen LogP contribution >= 0.6 is 0 Å². The number of esters is 2. The smallest absolute Gasteiger partial charge is 0.338 e. The van der Waals surface area contributed by atoms with Gasteiger partial charge in [0.15, 0.2) is 0 Å². The Hall–Kier alpha value is -4.01. The molecule has 0 bridgehead atoms. The van der Waals surface area contributed by atoms with Crippen molar-refractivity contribution in [2.75, 3.05) is 23.4 Å². The van der Waals surface area contributed by atoms with Gasteiger partial charge in [0, 0.05) is 24.1 Å². The number of hydrogen-bond donors (Lipinski definition) is 1. The quantitative estimate of drug-likeness (QED) is 0.521. The number of carbonyl (C=O) groups excluding carboxylic acids is 5. The first-order valence-corrected chi connectivity index (χ1v) is 10.1. The minimum Gasteiger partial charge on any atom is -0.462 e. The van der Waals surface area contributed by atoms with Crippen LogP contribution in [0.25, 0.3) is 0 Å². The second kappa shape index (κ2) is 9.86. The number of benzene rings is 2. The van der Waals surface area contributed by atoms with Gasteiger partial charge in [0.1, 0.15) is 0 Å². The molecule has 0 unspecified atom stereocenters. The summed E-state index contributed by atoms with van der Waals surface area (Å²) in [5.74, 6) is -2.35. The fraction of sp³-hybridized carbons (Fsp3) is 0.261. The third kappa shape index (κ3) is 5.00. The standard InChI is InChI=1S/C23H22N2O7/c1-3-31-22(29)15-11-16(23(30)32-4-2)13-17(12-15)24-21(28)14-5-7-18(8-6-14)25-19(26)9-10-20(25)27/h5-8,11-13H,3-4,9-10H2,1-2H3,(H,24,28). The van der Waals surface area contributed by atoms with Gasteiger partial charge >= 0.3 is 11.9 Å². The number of nitrogens with one attached hydrogen (secondary N) is 1. The van der Waals surface area contributed by atoms with Crippen molar-refractivity contribution in [3.63, 3.8) is 0 Å². The molecule has 32 heavy (non-hydrogen) atoms. The van der Waals surface area contributed by atoms with Crippen LogP contribution in [0, 0.1) is 0 Å². The summed E-state index contributed by atoms with van der Waals surface area (Å²) < 4.78 is 9.97. The van der Waals surface area contributed by atoms with Crippen LogP contribution in [0.1, 0.15) is 57.8 Å². The molecule has 0 saturated carbocycles. The molecule has 1 N–H and O–H groups in total. The van der Waals surface area contributed by atoms with Gasteiger partial charge in [-0.3, -0.25) is 19.3 Å². The Kier molecular flexibility index (Phi) is 6.99. The lowest BCUT2D eigenvalue weighted by atomic mass is 10.1. The van der Waals surface area contributed by atoms with Gasteiger partial charge in [0.05, 0.1) is 30.0 Å². The average Bonchev–Trinajstić information content (AvgIpc) is 3.12. The van der Waals surface area contributed by atoms with Crippen molar-refractivity contribution in [1.29, 1.82) is 0 Å². The average molecular weight is 438 g/mol. The SMILES string of the molecule is CCOC(=O)c1cc(NC(=O)c2ccc(N3C(=O)CCC3=O)cc2)cc(C(=O)OCC)c1. The molecule has 9 nitrogen and oxygen atoms in total. The molecule has 0 aromatic heterocycles. The van der Waals surface area contributed by atoms with Crippen molar-refractivity contribution in [3.8, 4) is 0 Å². The normalized spacial score (nSPS) is 13.1. The Labute approximate surface area is 184 Å². The Balaban J connectivity index is 1.82. The molecular formula is C23H22N2O7. The predicted octanol–water partition coefficient (Wildman–Crippen LogP) is 2.95. The van der Waals surface area contributed by atoms with Crippen molar-refractivity contribution in [1.82, 2.24) is 0 Å². The fourth-order valence-electron chi connectivity index (χ4n) is 3.19. The number of nitrogens with zero attached hydrogens (tertiary/aromatic N) is 1. The lowest BCUT2D eigenvalue weighted by Gasteiger charge is -2.14. The summed E-state index contributed by atoms with van der Waals surface area (Å²) in [4.78, 5) is 61.8.